The molecule has 0 saturated carbocycles. The minimum atomic E-state index is -0.382. The Morgan fingerprint density at radius 3 is 2.53 bits per heavy atom. The molecule has 0 aliphatic carbocycles. The van der Waals surface area contributed by atoms with Crippen molar-refractivity contribution in [3.05, 3.63) is 42.0 Å². The van der Waals surface area contributed by atoms with Gasteiger partial charge < -0.3 is 11.5 Å². The van der Waals surface area contributed by atoms with Gasteiger partial charge in [-0.1, -0.05) is 30.3 Å². The van der Waals surface area contributed by atoms with E-state index in [1.165, 1.54) is 6.08 Å². The van der Waals surface area contributed by atoms with Gasteiger partial charge in [0.2, 0.25) is 5.96 Å². The number of nitrogens with one attached hydrogen (secondary N) is 1. The summed E-state index contributed by atoms with van der Waals surface area (Å²) in [5.41, 5.74) is 13.2. The van der Waals surface area contributed by atoms with Crippen LogP contribution in [0, 0.1) is 0 Å². The van der Waals surface area contributed by atoms with Gasteiger partial charge in [-0.05, 0) is 11.6 Å². The summed E-state index contributed by atoms with van der Waals surface area (Å²) in [7, 11) is 0. The highest BCUT2D eigenvalue weighted by Crippen LogP contribution is 2.00. The highest BCUT2D eigenvalue weighted by molar-refractivity contribution is 5.92. The fourth-order valence-corrected chi connectivity index (χ4v) is 0.893. The van der Waals surface area contributed by atoms with Crippen molar-refractivity contribution in [1.29, 1.82) is 0 Å². The van der Waals surface area contributed by atoms with Crippen LogP contribution >= 0.6 is 0 Å². The van der Waals surface area contributed by atoms with Gasteiger partial charge in [0.05, 0.1) is 0 Å². The lowest BCUT2D eigenvalue weighted by Gasteiger charge is -1.94. The van der Waals surface area contributed by atoms with Crippen LogP contribution in [-0.2, 0) is 4.79 Å². The van der Waals surface area contributed by atoms with E-state index in [-0.39, 0.29) is 11.9 Å². The molecule has 0 radical (unpaired) electrons. The first-order valence-corrected chi connectivity index (χ1v) is 4.30. The van der Waals surface area contributed by atoms with Gasteiger partial charge in [0.25, 0.3) is 5.91 Å². The van der Waals surface area contributed by atoms with Crippen molar-refractivity contribution < 1.29 is 4.79 Å². The van der Waals surface area contributed by atoms with E-state index in [0.29, 0.717) is 0 Å². The van der Waals surface area contributed by atoms with Crippen LogP contribution in [0.2, 0.25) is 0 Å². The molecule has 78 valence electrons. The standard InChI is InChI=1S/C10H12N4O/c11-10(12)14-13-9(15)7-6-8-4-2-1-3-5-8/h1-7H,(H,13,15)(H4,11,12,14)/b7-6+. The predicted octanol–water partition coefficient (Wildman–Crippen LogP) is 0.00440. The smallest absolute Gasteiger partial charge is 0.264 e. The van der Waals surface area contributed by atoms with Crippen molar-refractivity contribution in [3.8, 4) is 0 Å². The molecule has 1 aromatic carbocycles. The van der Waals surface area contributed by atoms with Crippen LogP contribution in [0.1, 0.15) is 5.56 Å². The molecule has 0 saturated heterocycles. The number of hydrogen-bond acceptors (Lipinski definition) is 2. The summed E-state index contributed by atoms with van der Waals surface area (Å²) in [6, 6.07) is 9.42. The number of rotatable bonds is 3. The Balaban J connectivity index is 2.52. The van der Waals surface area contributed by atoms with Gasteiger partial charge in [0.1, 0.15) is 0 Å². The molecule has 0 aromatic heterocycles. The largest absolute Gasteiger partial charge is 0.369 e. The van der Waals surface area contributed by atoms with E-state index in [2.05, 4.69) is 10.5 Å². The predicted molar refractivity (Wildman–Crippen MR) is 59.4 cm³/mol. The topological polar surface area (TPSA) is 93.5 Å². The van der Waals surface area contributed by atoms with Crippen molar-refractivity contribution >= 4 is 17.9 Å². The number of guanidine groups is 1. The third-order valence-electron chi connectivity index (χ3n) is 1.52. The first kappa shape index (κ1) is 10.8. The summed E-state index contributed by atoms with van der Waals surface area (Å²) >= 11 is 0. The molecule has 0 unspecified atom stereocenters. The third-order valence-corrected chi connectivity index (χ3v) is 1.52. The molecular weight excluding hydrogens is 192 g/mol. The van der Waals surface area contributed by atoms with Crippen molar-refractivity contribution in [2.24, 2.45) is 16.6 Å². The van der Waals surface area contributed by atoms with Crippen LogP contribution in [0.4, 0.5) is 0 Å². The Hall–Kier alpha value is -2.30. The molecule has 5 heteroatoms. The summed E-state index contributed by atoms with van der Waals surface area (Å²) < 4.78 is 0. The van der Waals surface area contributed by atoms with Crippen molar-refractivity contribution in [1.82, 2.24) is 5.43 Å². The molecular formula is C10H12N4O. The second-order valence-corrected chi connectivity index (χ2v) is 2.76. The van der Waals surface area contributed by atoms with Crippen LogP contribution in [0.5, 0.6) is 0 Å². The van der Waals surface area contributed by atoms with Crippen LogP contribution in [0.25, 0.3) is 6.08 Å². The molecule has 1 amide bonds. The molecule has 0 aliphatic rings. The average Bonchev–Trinajstić information content (AvgIpc) is 2.25. The number of hydrazone groups is 1. The minimum Gasteiger partial charge on any atom is -0.369 e. The number of nitrogens with two attached hydrogens (primary N) is 2. The SMILES string of the molecule is NC(N)=NNC(=O)/C=C/c1ccccc1. The van der Waals surface area contributed by atoms with Gasteiger partial charge in [-0.2, -0.15) is 0 Å². The van der Waals surface area contributed by atoms with E-state index in [4.69, 9.17) is 11.5 Å². The van der Waals surface area contributed by atoms with Gasteiger partial charge >= 0.3 is 0 Å². The van der Waals surface area contributed by atoms with Gasteiger partial charge in [-0.3, -0.25) is 4.79 Å². The summed E-state index contributed by atoms with van der Waals surface area (Å²) in [6.07, 6.45) is 3.01. The average molecular weight is 204 g/mol. The number of nitrogens with zero attached hydrogens (tertiary/aromatic N) is 1. The van der Waals surface area contributed by atoms with Gasteiger partial charge in [0, 0.05) is 6.08 Å². The number of hydrogen-bond donors (Lipinski definition) is 3. The lowest BCUT2D eigenvalue weighted by Crippen LogP contribution is -2.28. The van der Waals surface area contributed by atoms with E-state index in [1.54, 1.807) is 6.08 Å². The molecule has 1 aromatic rings. The Morgan fingerprint density at radius 1 is 1.27 bits per heavy atom. The fraction of sp³-hybridized carbons (Fsp3) is 0. The second kappa shape index (κ2) is 5.43. The van der Waals surface area contributed by atoms with Crippen LogP contribution in [-0.4, -0.2) is 11.9 Å². The number of carbonyl (C=O) groups excluding carboxylic acids is 1. The van der Waals surface area contributed by atoms with E-state index < -0.39 is 0 Å². The molecule has 0 spiro atoms. The highest BCUT2D eigenvalue weighted by atomic mass is 16.2. The van der Waals surface area contributed by atoms with Crippen LogP contribution < -0.4 is 16.9 Å². The maximum Gasteiger partial charge on any atom is 0.264 e. The first-order chi connectivity index (χ1) is 7.18. The molecule has 0 atom stereocenters. The van der Waals surface area contributed by atoms with E-state index in [9.17, 15) is 4.79 Å². The maximum absolute atomic E-state index is 11.1. The number of amides is 1. The van der Waals surface area contributed by atoms with Crippen molar-refractivity contribution in [3.63, 3.8) is 0 Å². The van der Waals surface area contributed by atoms with Crippen LogP contribution in [0.15, 0.2) is 41.5 Å². The summed E-state index contributed by atoms with van der Waals surface area (Å²) in [4.78, 5) is 11.1. The molecule has 0 bridgehead atoms. The van der Waals surface area contributed by atoms with E-state index in [1.807, 2.05) is 30.3 Å². The quantitative estimate of drug-likeness (QED) is 0.280. The van der Waals surface area contributed by atoms with Gasteiger partial charge in [-0.15, -0.1) is 5.10 Å². The fourth-order valence-electron chi connectivity index (χ4n) is 0.893. The zero-order valence-electron chi connectivity index (χ0n) is 8.05. The number of carbonyl (C=O) groups is 1. The second-order valence-electron chi connectivity index (χ2n) is 2.76. The van der Waals surface area contributed by atoms with Crippen molar-refractivity contribution in [2.75, 3.05) is 0 Å². The first-order valence-electron chi connectivity index (χ1n) is 4.30. The molecule has 0 aliphatic heterocycles. The molecule has 1 rings (SSSR count). The van der Waals surface area contributed by atoms with E-state index >= 15 is 0 Å². The van der Waals surface area contributed by atoms with Crippen molar-refractivity contribution in [2.45, 2.75) is 0 Å². The Kier molecular flexibility index (Phi) is 3.91. The molecule has 5 N–H and O–H groups in total. The Labute approximate surface area is 87.5 Å². The lowest BCUT2D eigenvalue weighted by molar-refractivity contribution is -0.116. The Bertz CT molecular complexity index is 380. The molecule has 15 heavy (non-hydrogen) atoms. The van der Waals surface area contributed by atoms with Crippen LogP contribution in [0.3, 0.4) is 0 Å². The molecule has 0 fully saturated rings. The molecule has 0 heterocycles. The van der Waals surface area contributed by atoms with Gasteiger partial charge in [-0.25, -0.2) is 5.43 Å². The Morgan fingerprint density at radius 2 is 1.93 bits per heavy atom. The lowest BCUT2D eigenvalue weighted by atomic mass is 10.2. The summed E-state index contributed by atoms with van der Waals surface area (Å²) in [5.74, 6) is -0.566. The normalized spacial score (nSPS) is 9.87. The summed E-state index contributed by atoms with van der Waals surface area (Å²) in [6.45, 7) is 0. The number of benzene rings is 1. The maximum atomic E-state index is 11.1. The third kappa shape index (κ3) is 4.47. The minimum absolute atomic E-state index is 0.184. The summed E-state index contributed by atoms with van der Waals surface area (Å²) in [5, 5.41) is 3.36. The van der Waals surface area contributed by atoms with Gasteiger partial charge in [0.15, 0.2) is 0 Å². The zero-order valence-corrected chi connectivity index (χ0v) is 8.05. The monoisotopic (exact) mass is 204 g/mol. The molecule has 5 nitrogen and oxygen atoms in total. The highest BCUT2D eigenvalue weighted by Gasteiger charge is 1.91. The zero-order chi connectivity index (χ0) is 11.1. The van der Waals surface area contributed by atoms with E-state index in [0.717, 1.165) is 5.56 Å².